The van der Waals surface area contributed by atoms with Crippen LogP contribution in [0.4, 0.5) is 14.5 Å². The molecule has 1 aromatic heterocycles. The Morgan fingerprint density at radius 2 is 2.16 bits per heavy atom. The van der Waals surface area contributed by atoms with Gasteiger partial charge in [-0.05, 0) is 17.7 Å². The van der Waals surface area contributed by atoms with Crippen LogP contribution in [0.3, 0.4) is 0 Å². The van der Waals surface area contributed by atoms with Gasteiger partial charge in [0.05, 0.1) is 5.69 Å². The molecule has 0 saturated carbocycles. The van der Waals surface area contributed by atoms with Crippen LogP contribution in [0.1, 0.15) is 16.1 Å². The number of anilines is 1. The summed E-state index contributed by atoms with van der Waals surface area (Å²) in [7, 11) is 1.64. The van der Waals surface area contributed by atoms with E-state index in [0.717, 1.165) is 12.1 Å². The zero-order valence-electron chi connectivity index (χ0n) is 10.2. The van der Waals surface area contributed by atoms with Crippen LogP contribution in [0, 0.1) is 11.6 Å². The summed E-state index contributed by atoms with van der Waals surface area (Å²) in [6.45, 7) is 0.0616. The predicted octanol–water partition coefficient (Wildman–Crippen LogP) is 1.21. The molecule has 1 aromatic carbocycles. The number of carbonyl (C=O) groups is 1. The van der Waals surface area contributed by atoms with Gasteiger partial charge in [0.15, 0.2) is 17.3 Å². The van der Waals surface area contributed by atoms with Crippen molar-refractivity contribution in [3.8, 4) is 0 Å². The molecular formula is C12H12F2N4O. The van der Waals surface area contributed by atoms with Crippen molar-refractivity contribution in [3.05, 3.63) is 47.3 Å². The number of nitrogens with one attached hydrogen (secondary N) is 1. The average molecular weight is 266 g/mol. The lowest BCUT2D eigenvalue weighted by atomic mass is 10.2. The van der Waals surface area contributed by atoms with Crippen molar-refractivity contribution in [2.24, 2.45) is 7.05 Å². The fourth-order valence-corrected chi connectivity index (χ4v) is 1.60. The summed E-state index contributed by atoms with van der Waals surface area (Å²) >= 11 is 0. The molecule has 2 aromatic rings. The highest BCUT2D eigenvalue weighted by atomic mass is 19.2. The zero-order chi connectivity index (χ0) is 14.0. The molecule has 0 aliphatic rings. The number of nitrogen functional groups attached to an aromatic ring is 1. The number of rotatable bonds is 3. The normalized spacial score (nSPS) is 10.5. The third-order valence-electron chi connectivity index (χ3n) is 2.51. The molecule has 100 valence electrons. The van der Waals surface area contributed by atoms with Gasteiger partial charge < -0.3 is 11.1 Å². The topological polar surface area (TPSA) is 72.9 Å². The fourth-order valence-electron chi connectivity index (χ4n) is 1.60. The maximum Gasteiger partial charge on any atom is 0.274 e. The molecule has 0 atom stereocenters. The fraction of sp³-hybridized carbons (Fsp3) is 0.167. The molecule has 19 heavy (non-hydrogen) atoms. The van der Waals surface area contributed by atoms with Crippen LogP contribution >= 0.6 is 0 Å². The summed E-state index contributed by atoms with van der Waals surface area (Å²) in [6.07, 6.45) is 1.51. The number of halogens is 2. The molecule has 0 bridgehead atoms. The monoisotopic (exact) mass is 266 g/mol. The molecule has 0 aliphatic heterocycles. The lowest BCUT2D eigenvalue weighted by Gasteiger charge is -2.04. The Balaban J connectivity index is 2.04. The highest BCUT2D eigenvalue weighted by Crippen LogP contribution is 2.10. The lowest BCUT2D eigenvalue weighted by Crippen LogP contribution is -2.24. The van der Waals surface area contributed by atoms with Gasteiger partial charge in [-0.1, -0.05) is 6.07 Å². The standard InChI is InChI=1S/C12H12F2N4O/c1-18-6-10(15)11(17-18)12(19)16-5-7-2-3-8(13)9(14)4-7/h2-4,6H,5,15H2,1H3,(H,16,19). The van der Waals surface area contributed by atoms with E-state index in [1.807, 2.05) is 0 Å². The van der Waals surface area contributed by atoms with Crippen molar-refractivity contribution in [1.29, 1.82) is 0 Å². The molecule has 2 rings (SSSR count). The van der Waals surface area contributed by atoms with E-state index in [2.05, 4.69) is 10.4 Å². The Morgan fingerprint density at radius 3 is 2.74 bits per heavy atom. The third-order valence-corrected chi connectivity index (χ3v) is 2.51. The molecule has 3 N–H and O–H groups in total. The summed E-state index contributed by atoms with van der Waals surface area (Å²) in [5, 5.41) is 6.43. The van der Waals surface area contributed by atoms with Gasteiger partial charge in [-0.25, -0.2) is 8.78 Å². The number of carbonyl (C=O) groups excluding carboxylic acids is 1. The number of nitrogens with two attached hydrogens (primary N) is 1. The summed E-state index contributed by atoms with van der Waals surface area (Å²) < 4.78 is 27.1. The van der Waals surface area contributed by atoms with Crippen molar-refractivity contribution in [2.45, 2.75) is 6.54 Å². The molecule has 0 aliphatic carbocycles. The molecule has 5 nitrogen and oxygen atoms in total. The second-order valence-electron chi connectivity index (χ2n) is 4.04. The van der Waals surface area contributed by atoms with Gasteiger partial charge in [0.1, 0.15) is 0 Å². The molecule has 1 heterocycles. The van der Waals surface area contributed by atoms with E-state index in [9.17, 15) is 13.6 Å². The van der Waals surface area contributed by atoms with E-state index < -0.39 is 17.5 Å². The predicted molar refractivity (Wildman–Crippen MR) is 65.1 cm³/mol. The van der Waals surface area contributed by atoms with Crippen LogP contribution in [0.15, 0.2) is 24.4 Å². The van der Waals surface area contributed by atoms with Crippen molar-refractivity contribution >= 4 is 11.6 Å². The SMILES string of the molecule is Cn1cc(N)c(C(=O)NCc2ccc(F)c(F)c2)n1. The summed E-state index contributed by atoms with van der Waals surface area (Å²) in [6, 6.07) is 3.42. The Kier molecular flexibility index (Phi) is 3.46. The van der Waals surface area contributed by atoms with Gasteiger partial charge in [0.25, 0.3) is 5.91 Å². The lowest BCUT2D eigenvalue weighted by molar-refractivity contribution is 0.0946. The maximum atomic E-state index is 13.0. The molecule has 0 radical (unpaired) electrons. The van der Waals surface area contributed by atoms with Crippen LogP contribution < -0.4 is 11.1 Å². The Hall–Kier alpha value is -2.44. The van der Waals surface area contributed by atoms with Crippen molar-refractivity contribution in [1.82, 2.24) is 15.1 Å². The highest BCUT2D eigenvalue weighted by Gasteiger charge is 2.13. The number of hydrogen-bond donors (Lipinski definition) is 2. The molecular weight excluding hydrogens is 254 g/mol. The number of aryl methyl sites for hydroxylation is 1. The van der Waals surface area contributed by atoms with Crippen molar-refractivity contribution in [2.75, 3.05) is 5.73 Å². The first-order chi connectivity index (χ1) is 8.97. The Labute approximate surface area is 108 Å². The first-order valence-electron chi connectivity index (χ1n) is 5.48. The number of aromatic nitrogens is 2. The molecule has 0 fully saturated rings. The molecule has 7 heteroatoms. The number of hydrogen-bond acceptors (Lipinski definition) is 3. The third kappa shape index (κ3) is 2.87. The summed E-state index contributed by atoms with van der Waals surface area (Å²) in [5.74, 6) is -2.35. The number of benzene rings is 1. The van der Waals surface area contributed by atoms with Crippen molar-refractivity contribution in [3.63, 3.8) is 0 Å². The quantitative estimate of drug-likeness (QED) is 0.877. The zero-order valence-corrected chi connectivity index (χ0v) is 10.2. The van der Waals surface area contributed by atoms with Crippen LogP contribution in [0.5, 0.6) is 0 Å². The minimum Gasteiger partial charge on any atom is -0.396 e. The van der Waals surface area contributed by atoms with E-state index >= 15 is 0 Å². The first kappa shape index (κ1) is 13.0. The molecule has 0 spiro atoms. The summed E-state index contributed by atoms with van der Waals surface area (Å²) in [5.41, 5.74) is 6.40. The smallest absolute Gasteiger partial charge is 0.274 e. The minimum absolute atomic E-state index is 0.0616. The average Bonchev–Trinajstić information content (AvgIpc) is 2.70. The van der Waals surface area contributed by atoms with E-state index in [4.69, 9.17) is 5.73 Å². The van der Waals surface area contributed by atoms with Gasteiger partial charge in [-0.2, -0.15) is 5.10 Å². The van der Waals surface area contributed by atoms with E-state index in [-0.39, 0.29) is 17.9 Å². The number of amides is 1. The largest absolute Gasteiger partial charge is 0.396 e. The van der Waals surface area contributed by atoms with Gasteiger partial charge in [0.2, 0.25) is 0 Å². The molecule has 0 saturated heterocycles. The van der Waals surface area contributed by atoms with Gasteiger partial charge in [-0.3, -0.25) is 9.48 Å². The number of nitrogens with zero attached hydrogens (tertiary/aromatic N) is 2. The van der Waals surface area contributed by atoms with Gasteiger partial charge in [-0.15, -0.1) is 0 Å². The van der Waals surface area contributed by atoms with Gasteiger partial charge in [0, 0.05) is 19.8 Å². The first-order valence-corrected chi connectivity index (χ1v) is 5.48. The Bertz CT molecular complexity index is 624. The van der Waals surface area contributed by atoms with Crippen LogP contribution in [0.2, 0.25) is 0 Å². The van der Waals surface area contributed by atoms with Crippen LogP contribution in [0.25, 0.3) is 0 Å². The van der Waals surface area contributed by atoms with E-state index in [0.29, 0.717) is 5.56 Å². The van der Waals surface area contributed by atoms with E-state index in [1.54, 1.807) is 7.05 Å². The van der Waals surface area contributed by atoms with Gasteiger partial charge >= 0.3 is 0 Å². The van der Waals surface area contributed by atoms with Crippen LogP contribution in [-0.4, -0.2) is 15.7 Å². The summed E-state index contributed by atoms with van der Waals surface area (Å²) in [4.78, 5) is 11.8. The van der Waals surface area contributed by atoms with Crippen LogP contribution in [-0.2, 0) is 13.6 Å². The second kappa shape index (κ2) is 5.05. The molecule has 0 unspecified atom stereocenters. The second-order valence-corrected chi connectivity index (χ2v) is 4.04. The van der Waals surface area contributed by atoms with Crippen molar-refractivity contribution < 1.29 is 13.6 Å². The maximum absolute atomic E-state index is 13.0. The van der Waals surface area contributed by atoms with E-state index in [1.165, 1.54) is 16.9 Å². The minimum atomic E-state index is -0.955. The molecule has 1 amide bonds. The Morgan fingerprint density at radius 1 is 1.42 bits per heavy atom. The highest BCUT2D eigenvalue weighted by molar-refractivity contribution is 5.96.